The molecule has 0 bridgehead atoms. The topological polar surface area (TPSA) is 74.8 Å². The predicted octanol–water partition coefficient (Wildman–Crippen LogP) is 5.70. The van der Waals surface area contributed by atoms with E-state index in [0.29, 0.717) is 33.2 Å². The maximum Gasteiger partial charge on any atom is 0.416 e. The Kier molecular flexibility index (Phi) is 4.95. The molecule has 5 nitrogen and oxygen atoms in total. The third kappa shape index (κ3) is 3.86. The number of benzene rings is 3. The van der Waals surface area contributed by atoms with E-state index in [4.69, 9.17) is 11.6 Å². The largest absolute Gasteiger partial charge is 0.416 e. The molecular weight excluding hydrogens is 439 g/mol. The van der Waals surface area contributed by atoms with Gasteiger partial charge in [-0.05, 0) is 42.5 Å². The van der Waals surface area contributed by atoms with Gasteiger partial charge in [0.2, 0.25) is 0 Å². The van der Waals surface area contributed by atoms with Gasteiger partial charge in [0.25, 0.3) is 10.0 Å². The first kappa shape index (κ1) is 20.2. The van der Waals surface area contributed by atoms with Crippen molar-refractivity contribution in [3.05, 3.63) is 77.3 Å². The maximum absolute atomic E-state index is 12.9. The molecule has 1 heterocycles. The zero-order chi connectivity index (χ0) is 21.5. The zero-order valence-corrected chi connectivity index (χ0v) is 16.6. The fourth-order valence-electron chi connectivity index (χ4n) is 3.00. The van der Waals surface area contributed by atoms with Crippen molar-refractivity contribution in [1.29, 1.82) is 0 Å². The first-order valence-electron chi connectivity index (χ1n) is 8.58. The molecule has 2 N–H and O–H groups in total. The number of halogens is 4. The van der Waals surface area contributed by atoms with Crippen LogP contribution in [0.2, 0.25) is 5.02 Å². The number of H-pyrrole nitrogens is 1. The Morgan fingerprint density at radius 2 is 1.73 bits per heavy atom. The lowest BCUT2D eigenvalue weighted by Gasteiger charge is -2.11. The van der Waals surface area contributed by atoms with E-state index in [-0.39, 0.29) is 5.69 Å². The van der Waals surface area contributed by atoms with Gasteiger partial charge in [-0.2, -0.15) is 18.3 Å². The van der Waals surface area contributed by atoms with E-state index in [9.17, 15) is 21.6 Å². The Hall–Kier alpha value is -3.04. The van der Waals surface area contributed by atoms with Gasteiger partial charge in [-0.15, -0.1) is 0 Å². The van der Waals surface area contributed by atoms with E-state index in [2.05, 4.69) is 14.9 Å². The van der Waals surface area contributed by atoms with Crippen LogP contribution in [0.5, 0.6) is 0 Å². The highest BCUT2D eigenvalue weighted by Crippen LogP contribution is 2.33. The molecule has 0 fully saturated rings. The minimum atomic E-state index is -4.64. The van der Waals surface area contributed by atoms with Crippen LogP contribution in [0.25, 0.3) is 22.2 Å². The van der Waals surface area contributed by atoms with Gasteiger partial charge < -0.3 is 0 Å². The molecule has 0 spiro atoms. The molecule has 0 aliphatic carbocycles. The second-order valence-corrected chi connectivity index (χ2v) is 8.53. The Morgan fingerprint density at radius 3 is 2.47 bits per heavy atom. The van der Waals surface area contributed by atoms with Crippen LogP contribution in [-0.2, 0) is 16.2 Å². The number of rotatable bonds is 4. The first-order chi connectivity index (χ1) is 14.1. The molecule has 4 aromatic rings. The van der Waals surface area contributed by atoms with Gasteiger partial charge in [-0.25, -0.2) is 8.42 Å². The number of fused-ring (bicyclic) bond motifs is 1. The van der Waals surface area contributed by atoms with Crippen LogP contribution >= 0.6 is 11.6 Å². The highest BCUT2D eigenvalue weighted by atomic mass is 35.5. The number of anilines is 1. The summed E-state index contributed by atoms with van der Waals surface area (Å²) in [6.45, 7) is 0. The molecular formula is C20H13ClF3N3O2S. The Balaban J connectivity index is 1.67. The van der Waals surface area contributed by atoms with Gasteiger partial charge in [0, 0.05) is 10.9 Å². The Bertz CT molecular complexity index is 1350. The van der Waals surface area contributed by atoms with Gasteiger partial charge in [-0.1, -0.05) is 35.9 Å². The van der Waals surface area contributed by atoms with E-state index in [0.717, 1.165) is 18.2 Å². The van der Waals surface area contributed by atoms with Crippen LogP contribution < -0.4 is 4.72 Å². The summed E-state index contributed by atoms with van der Waals surface area (Å²) in [6, 6.07) is 15.4. The van der Waals surface area contributed by atoms with Gasteiger partial charge >= 0.3 is 6.18 Å². The quantitative estimate of drug-likeness (QED) is 0.417. The highest BCUT2D eigenvalue weighted by molar-refractivity contribution is 7.92. The van der Waals surface area contributed by atoms with Crippen LogP contribution in [0.3, 0.4) is 0 Å². The van der Waals surface area contributed by atoms with Crippen LogP contribution in [-0.4, -0.2) is 18.6 Å². The summed E-state index contributed by atoms with van der Waals surface area (Å²) in [7, 11) is -4.22. The van der Waals surface area contributed by atoms with Gasteiger partial charge in [-0.3, -0.25) is 9.82 Å². The third-order valence-electron chi connectivity index (χ3n) is 4.42. The number of nitrogens with one attached hydrogen (secondary N) is 2. The summed E-state index contributed by atoms with van der Waals surface area (Å²) in [5.41, 5.74) is 0.979. The average molecular weight is 452 g/mol. The molecule has 0 radical (unpaired) electrons. The van der Waals surface area contributed by atoms with Gasteiger partial charge in [0.05, 0.1) is 26.7 Å². The molecule has 3 aromatic carbocycles. The molecule has 0 aliphatic heterocycles. The number of alkyl halides is 3. The van der Waals surface area contributed by atoms with Crippen molar-refractivity contribution in [2.24, 2.45) is 0 Å². The minimum Gasteiger partial charge on any atom is -0.280 e. The average Bonchev–Trinajstić information content (AvgIpc) is 3.10. The van der Waals surface area contributed by atoms with Gasteiger partial charge in [0.1, 0.15) is 5.69 Å². The molecule has 4 rings (SSSR count). The summed E-state index contributed by atoms with van der Waals surface area (Å²) in [6.07, 6.45) is -4.64. The SMILES string of the molecule is O=S(=O)(Nc1ccc2c(-c3ccccc3Cl)n[nH]c2c1)c1cccc(C(F)(F)F)c1. The van der Waals surface area contributed by atoms with Crippen LogP contribution in [0.15, 0.2) is 71.6 Å². The number of nitrogens with zero attached hydrogens (tertiary/aromatic N) is 1. The van der Waals surface area contributed by atoms with Crippen molar-refractivity contribution in [1.82, 2.24) is 10.2 Å². The molecule has 0 saturated carbocycles. The van der Waals surface area contributed by atoms with Crippen molar-refractivity contribution < 1.29 is 21.6 Å². The van der Waals surface area contributed by atoms with Crippen molar-refractivity contribution >= 4 is 38.2 Å². The van der Waals surface area contributed by atoms with Crippen molar-refractivity contribution in [3.63, 3.8) is 0 Å². The summed E-state index contributed by atoms with van der Waals surface area (Å²) in [5.74, 6) is 0. The minimum absolute atomic E-state index is 0.175. The molecule has 0 amide bonds. The van der Waals surface area contributed by atoms with Gasteiger partial charge in [0.15, 0.2) is 0 Å². The standard InChI is InChI=1S/C20H13ClF3N3O2S/c21-17-7-2-1-6-15(17)19-16-9-8-13(11-18(16)25-26-19)27-30(28,29)14-5-3-4-12(10-14)20(22,23)24/h1-11,27H,(H,25,26). The smallest absolute Gasteiger partial charge is 0.280 e. The number of hydrogen-bond acceptors (Lipinski definition) is 3. The second kappa shape index (κ2) is 7.33. The lowest BCUT2D eigenvalue weighted by atomic mass is 10.1. The summed E-state index contributed by atoms with van der Waals surface area (Å²) in [5, 5.41) is 8.29. The molecule has 10 heteroatoms. The molecule has 0 unspecified atom stereocenters. The number of aromatic amines is 1. The van der Waals surface area contributed by atoms with E-state index in [1.807, 2.05) is 12.1 Å². The van der Waals surface area contributed by atoms with Crippen LogP contribution in [0, 0.1) is 0 Å². The van der Waals surface area contributed by atoms with E-state index in [1.165, 1.54) is 12.1 Å². The Morgan fingerprint density at radius 1 is 0.967 bits per heavy atom. The lowest BCUT2D eigenvalue weighted by Crippen LogP contribution is -2.14. The molecule has 0 saturated heterocycles. The zero-order valence-electron chi connectivity index (χ0n) is 15.0. The summed E-state index contributed by atoms with van der Waals surface area (Å²) < 4.78 is 66.1. The molecule has 30 heavy (non-hydrogen) atoms. The summed E-state index contributed by atoms with van der Waals surface area (Å²) in [4.78, 5) is -0.487. The van der Waals surface area contributed by atoms with E-state index in [1.54, 1.807) is 18.2 Å². The van der Waals surface area contributed by atoms with Crippen molar-refractivity contribution in [2.45, 2.75) is 11.1 Å². The molecule has 154 valence electrons. The fraction of sp³-hybridized carbons (Fsp3) is 0.0500. The molecule has 1 aromatic heterocycles. The van der Waals surface area contributed by atoms with Crippen LogP contribution in [0.1, 0.15) is 5.56 Å². The normalized spacial score (nSPS) is 12.3. The van der Waals surface area contributed by atoms with Crippen molar-refractivity contribution in [3.8, 4) is 11.3 Å². The molecule has 0 atom stereocenters. The fourth-order valence-corrected chi connectivity index (χ4v) is 4.32. The first-order valence-corrected chi connectivity index (χ1v) is 10.4. The number of aromatic nitrogens is 2. The highest BCUT2D eigenvalue weighted by Gasteiger charge is 2.31. The third-order valence-corrected chi connectivity index (χ3v) is 6.12. The van der Waals surface area contributed by atoms with Crippen molar-refractivity contribution in [2.75, 3.05) is 4.72 Å². The van der Waals surface area contributed by atoms with E-state index < -0.39 is 26.7 Å². The predicted molar refractivity (Wildman–Crippen MR) is 109 cm³/mol. The monoisotopic (exact) mass is 451 g/mol. The number of sulfonamides is 1. The van der Waals surface area contributed by atoms with Crippen LogP contribution in [0.4, 0.5) is 18.9 Å². The lowest BCUT2D eigenvalue weighted by molar-refractivity contribution is -0.137. The van der Waals surface area contributed by atoms with E-state index >= 15 is 0 Å². The molecule has 0 aliphatic rings. The maximum atomic E-state index is 12.9. The second-order valence-electron chi connectivity index (χ2n) is 6.44. The number of hydrogen-bond donors (Lipinski definition) is 2. The summed E-state index contributed by atoms with van der Waals surface area (Å²) >= 11 is 6.22. The Labute approximate surface area is 174 Å².